The minimum absolute atomic E-state index is 0.0626. The van der Waals surface area contributed by atoms with Crippen LogP contribution in [0, 0.1) is 5.92 Å². The number of rotatable bonds is 7. The minimum Gasteiger partial charge on any atom is -0.352 e. The molecule has 2 fully saturated rings. The van der Waals surface area contributed by atoms with Gasteiger partial charge in [-0.15, -0.1) is 0 Å². The standard InChI is InChI=1S/C25H35F3N8O/c1-17(2)30-22-31-23(33-24(32-22)36-14-12-34(3)13-15-36)35-10-8-18(9-11-35)21(37)29-16-19-6-4-5-7-20(19)25(26,27)28/h4-7,17-18H,8-16H2,1-3H3,(H,29,37)(H,30,31,32,33). The first kappa shape index (κ1) is 26.9. The number of amides is 1. The first-order valence-corrected chi connectivity index (χ1v) is 12.7. The average Bonchev–Trinajstić information content (AvgIpc) is 2.87. The molecule has 0 unspecified atom stereocenters. The van der Waals surface area contributed by atoms with Crippen LogP contribution in [-0.2, 0) is 17.5 Å². The number of nitrogens with one attached hydrogen (secondary N) is 2. The van der Waals surface area contributed by atoms with Crippen LogP contribution >= 0.6 is 0 Å². The maximum absolute atomic E-state index is 13.3. The number of likely N-dealkylation sites (N-methyl/N-ethyl adjacent to an activating group) is 1. The Morgan fingerprint density at radius 2 is 1.57 bits per heavy atom. The van der Waals surface area contributed by atoms with E-state index in [9.17, 15) is 18.0 Å². The molecule has 1 aromatic heterocycles. The van der Waals surface area contributed by atoms with E-state index in [2.05, 4.69) is 42.3 Å². The van der Waals surface area contributed by atoms with Gasteiger partial charge in [0.1, 0.15) is 0 Å². The summed E-state index contributed by atoms with van der Waals surface area (Å²) in [5.74, 6) is 1.24. The van der Waals surface area contributed by atoms with Crippen LogP contribution in [0.4, 0.5) is 31.0 Å². The van der Waals surface area contributed by atoms with Crippen molar-refractivity contribution in [3.63, 3.8) is 0 Å². The van der Waals surface area contributed by atoms with E-state index >= 15 is 0 Å². The van der Waals surface area contributed by atoms with E-state index in [-0.39, 0.29) is 30.0 Å². The molecule has 0 bridgehead atoms. The summed E-state index contributed by atoms with van der Waals surface area (Å²) in [5, 5.41) is 5.98. The van der Waals surface area contributed by atoms with Crippen molar-refractivity contribution in [2.45, 2.75) is 45.5 Å². The number of aromatic nitrogens is 3. The molecular weight excluding hydrogens is 485 g/mol. The normalized spacial score (nSPS) is 17.8. The summed E-state index contributed by atoms with van der Waals surface area (Å²) in [6, 6.07) is 5.48. The topological polar surface area (TPSA) is 89.5 Å². The number of carbonyl (C=O) groups is 1. The predicted octanol–water partition coefficient (Wildman–Crippen LogP) is 3.00. The molecule has 2 aliphatic rings. The second kappa shape index (κ2) is 11.5. The van der Waals surface area contributed by atoms with E-state index in [0.29, 0.717) is 43.8 Å². The Bertz CT molecular complexity index is 1060. The third-order valence-electron chi connectivity index (χ3n) is 6.74. The number of piperidine rings is 1. The molecule has 0 atom stereocenters. The molecule has 9 nitrogen and oxygen atoms in total. The van der Waals surface area contributed by atoms with Crippen molar-refractivity contribution < 1.29 is 18.0 Å². The summed E-state index contributed by atoms with van der Waals surface area (Å²) in [5.41, 5.74) is -0.658. The van der Waals surface area contributed by atoms with E-state index in [0.717, 1.165) is 32.2 Å². The fourth-order valence-corrected chi connectivity index (χ4v) is 4.59. The smallest absolute Gasteiger partial charge is 0.352 e. The van der Waals surface area contributed by atoms with E-state index < -0.39 is 11.7 Å². The van der Waals surface area contributed by atoms with Crippen molar-refractivity contribution >= 4 is 23.8 Å². The summed E-state index contributed by atoms with van der Waals surface area (Å²) in [6.07, 6.45) is -3.33. The number of hydrogen-bond donors (Lipinski definition) is 2. The maximum atomic E-state index is 13.3. The summed E-state index contributed by atoms with van der Waals surface area (Å²) >= 11 is 0. The number of halogens is 3. The largest absolute Gasteiger partial charge is 0.416 e. The summed E-state index contributed by atoms with van der Waals surface area (Å²) in [6.45, 7) is 8.58. The van der Waals surface area contributed by atoms with E-state index in [1.807, 2.05) is 13.8 Å². The molecule has 2 aromatic rings. The lowest BCUT2D eigenvalue weighted by molar-refractivity contribution is -0.138. The molecule has 0 aliphatic carbocycles. The fourth-order valence-electron chi connectivity index (χ4n) is 4.59. The number of carbonyl (C=O) groups excluding carboxylic acids is 1. The molecular formula is C25H35F3N8O. The molecule has 37 heavy (non-hydrogen) atoms. The van der Waals surface area contributed by atoms with Crippen molar-refractivity contribution in [2.75, 3.05) is 61.4 Å². The summed E-state index contributed by atoms with van der Waals surface area (Å²) in [4.78, 5) is 33.3. The molecule has 2 N–H and O–H groups in total. The molecule has 12 heteroatoms. The molecule has 2 saturated heterocycles. The van der Waals surface area contributed by atoms with Gasteiger partial charge in [0.05, 0.1) is 5.56 Å². The van der Waals surface area contributed by atoms with Crippen molar-refractivity contribution in [3.05, 3.63) is 35.4 Å². The summed E-state index contributed by atoms with van der Waals surface area (Å²) < 4.78 is 39.8. The van der Waals surface area contributed by atoms with Crippen LogP contribution < -0.4 is 20.4 Å². The zero-order valence-electron chi connectivity index (χ0n) is 21.6. The molecule has 0 saturated carbocycles. The molecule has 0 radical (unpaired) electrons. The zero-order chi connectivity index (χ0) is 26.6. The quantitative estimate of drug-likeness (QED) is 0.576. The minimum atomic E-state index is -4.45. The highest BCUT2D eigenvalue weighted by Gasteiger charge is 2.33. The van der Waals surface area contributed by atoms with Gasteiger partial charge in [-0.1, -0.05) is 18.2 Å². The Morgan fingerprint density at radius 3 is 2.16 bits per heavy atom. The van der Waals surface area contributed by atoms with Gasteiger partial charge in [0.25, 0.3) is 0 Å². The Morgan fingerprint density at radius 1 is 0.973 bits per heavy atom. The lowest BCUT2D eigenvalue weighted by atomic mass is 9.96. The van der Waals surface area contributed by atoms with Gasteiger partial charge in [-0.2, -0.15) is 28.1 Å². The highest BCUT2D eigenvalue weighted by Crippen LogP contribution is 2.32. The SMILES string of the molecule is CC(C)Nc1nc(N2CCC(C(=O)NCc3ccccc3C(F)(F)F)CC2)nc(N2CCN(C)CC2)n1. The van der Waals surface area contributed by atoms with Crippen LogP contribution in [0.15, 0.2) is 24.3 Å². The maximum Gasteiger partial charge on any atom is 0.416 e. The molecule has 0 spiro atoms. The number of anilines is 3. The third-order valence-corrected chi connectivity index (χ3v) is 6.74. The van der Waals surface area contributed by atoms with Gasteiger partial charge < -0.3 is 25.3 Å². The second-order valence-electron chi connectivity index (χ2n) is 9.98. The van der Waals surface area contributed by atoms with Crippen LogP contribution in [0.1, 0.15) is 37.8 Å². The monoisotopic (exact) mass is 520 g/mol. The van der Waals surface area contributed by atoms with Gasteiger partial charge in [-0.05, 0) is 45.4 Å². The third kappa shape index (κ3) is 7.00. The Kier molecular flexibility index (Phi) is 8.35. The summed E-state index contributed by atoms with van der Waals surface area (Å²) in [7, 11) is 2.09. The van der Waals surface area contributed by atoms with Gasteiger partial charge in [-0.3, -0.25) is 4.79 Å². The van der Waals surface area contributed by atoms with Crippen LogP contribution in [0.25, 0.3) is 0 Å². The van der Waals surface area contributed by atoms with Gasteiger partial charge in [0, 0.05) is 57.8 Å². The molecule has 1 amide bonds. The van der Waals surface area contributed by atoms with Crippen molar-refractivity contribution in [1.29, 1.82) is 0 Å². The number of piperazine rings is 1. The van der Waals surface area contributed by atoms with Crippen molar-refractivity contribution in [2.24, 2.45) is 5.92 Å². The first-order valence-electron chi connectivity index (χ1n) is 12.7. The second-order valence-corrected chi connectivity index (χ2v) is 9.98. The Balaban J connectivity index is 1.39. The molecule has 1 aromatic carbocycles. The van der Waals surface area contributed by atoms with Crippen LogP contribution in [0.2, 0.25) is 0 Å². The lowest BCUT2D eigenvalue weighted by Crippen LogP contribution is -2.45. The van der Waals surface area contributed by atoms with Crippen molar-refractivity contribution in [1.82, 2.24) is 25.2 Å². The van der Waals surface area contributed by atoms with Crippen LogP contribution in [-0.4, -0.2) is 78.1 Å². The first-order chi connectivity index (χ1) is 17.6. The number of nitrogens with zero attached hydrogens (tertiary/aromatic N) is 6. The zero-order valence-corrected chi connectivity index (χ0v) is 21.6. The van der Waals surface area contributed by atoms with Crippen molar-refractivity contribution in [3.8, 4) is 0 Å². The van der Waals surface area contributed by atoms with E-state index in [4.69, 9.17) is 4.98 Å². The molecule has 3 heterocycles. The Hall–Kier alpha value is -3.15. The number of hydrogen-bond acceptors (Lipinski definition) is 8. The molecule has 2 aliphatic heterocycles. The van der Waals surface area contributed by atoms with Gasteiger partial charge in [0.2, 0.25) is 23.8 Å². The van der Waals surface area contributed by atoms with E-state index in [1.54, 1.807) is 6.07 Å². The lowest BCUT2D eigenvalue weighted by Gasteiger charge is -2.34. The Labute approximate surface area is 215 Å². The fraction of sp³-hybridized carbons (Fsp3) is 0.600. The van der Waals surface area contributed by atoms with Crippen LogP contribution in [0.5, 0.6) is 0 Å². The van der Waals surface area contributed by atoms with Gasteiger partial charge in [-0.25, -0.2) is 0 Å². The van der Waals surface area contributed by atoms with E-state index in [1.165, 1.54) is 12.1 Å². The average molecular weight is 521 g/mol. The van der Waals surface area contributed by atoms with Gasteiger partial charge in [0.15, 0.2) is 0 Å². The number of alkyl halides is 3. The van der Waals surface area contributed by atoms with Gasteiger partial charge >= 0.3 is 6.18 Å². The molecule has 202 valence electrons. The number of benzene rings is 1. The highest BCUT2D eigenvalue weighted by atomic mass is 19.4. The van der Waals surface area contributed by atoms with Crippen LogP contribution in [0.3, 0.4) is 0 Å². The predicted molar refractivity (Wildman–Crippen MR) is 137 cm³/mol. The molecule has 4 rings (SSSR count). The highest BCUT2D eigenvalue weighted by molar-refractivity contribution is 5.79.